The van der Waals surface area contributed by atoms with Crippen LogP contribution in [0, 0.1) is 6.92 Å². The molecule has 0 fully saturated rings. The second-order valence-electron chi connectivity index (χ2n) is 6.40. The van der Waals surface area contributed by atoms with Gasteiger partial charge in [0.2, 0.25) is 0 Å². The number of amides is 1. The summed E-state index contributed by atoms with van der Waals surface area (Å²) in [7, 11) is 0. The predicted octanol–water partition coefficient (Wildman–Crippen LogP) is 4.20. The van der Waals surface area contributed by atoms with E-state index >= 15 is 0 Å². The fourth-order valence-electron chi connectivity index (χ4n) is 2.50. The lowest BCUT2D eigenvalue weighted by Crippen LogP contribution is -2.24. The molecular weight excluding hydrogens is 416 g/mol. The van der Waals surface area contributed by atoms with Gasteiger partial charge in [0.15, 0.2) is 18.1 Å². The quantitative estimate of drug-likeness (QED) is 0.234. The molecule has 1 heterocycles. The number of hydrogen-bond acceptors (Lipinski definition) is 7. The Kier molecular flexibility index (Phi) is 7.78. The summed E-state index contributed by atoms with van der Waals surface area (Å²) in [5.74, 6) is 0.499. The molecule has 1 aromatic heterocycles. The van der Waals surface area contributed by atoms with E-state index in [4.69, 9.17) is 14.2 Å². The van der Waals surface area contributed by atoms with Crippen molar-refractivity contribution in [3.05, 3.63) is 76.0 Å². The van der Waals surface area contributed by atoms with Crippen molar-refractivity contribution in [3.8, 4) is 17.2 Å². The summed E-state index contributed by atoms with van der Waals surface area (Å²) in [4.78, 5) is 24.6. The van der Waals surface area contributed by atoms with Gasteiger partial charge in [-0.3, -0.25) is 4.79 Å². The van der Waals surface area contributed by atoms with Gasteiger partial charge in [-0.25, -0.2) is 10.2 Å². The summed E-state index contributed by atoms with van der Waals surface area (Å²) in [6, 6.07) is 15.9. The first-order chi connectivity index (χ1) is 15.0. The standard InChI is InChI=1S/C23H22N2O5S/c1-3-28-20-13-17(8-11-19(20)30-23(27)21-5-4-12-31-21)14-24-25-22(26)15-29-18-9-6-16(2)7-10-18/h4-14H,3,15H2,1-2H3,(H,25,26)/b24-14+. The van der Waals surface area contributed by atoms with Crippen LogP contribution in [0.25, 0.3) is 0 Å². The van der Waals surface area contributed by atoms with Gasteiger partial charge in [-0.05, 0) is 61.2 Å². The van der Waals surface area contributed by atoms with Gasteiger partial charge in [-0.15, -0.1) is 11.3 Å². The van der Waals surface area contributed by atoms with Crippen LogP contribution in [-0.4, -0.2) is 31.3 Å². The van der Waals surface area contributed by atoms with Crippen molar-refractivity contribution in [2.75, 3.05) is 13.2 Å². The van der Waals surface area contributed by atoms with Crippen LogP contribution in [0.4, 0.5) is 0 Å². The topological polar surface area (TPSA) is 86.2 Å². The van der Waals surface area contributed by atoms with Crippen molar-refractivity contribution >= 4 is 29.4 Å². The van der Waals surface area contributed by atoms with Gasteiger partial charge in [0.1, 0.15) is 10.6 Å². The monoisotopic (exact) mass is 438 g/mol. The lowest BCUT2D eigenvalue weighted by molar-refractivity contribution is -0.123. The molecule has 0 aliphatic carbocycles. The molecule has 1 amide bonds. The summed E-state index contributed by atoms with van der Waals surface area (Å²) in [6.07, 6.45) is 1.47. The number of nitrogens with zero attached hydrogens (tertiary/aromatic N) is 1. The molecule has 7 nitrogen and oxygen atoms in total. The van der Waals surface area contributed by atoms with Crippen LogP contribution in [0.3, 0.4) is 0 Å². The molecule has 0 unspecified atom stereocenters. The van der Waals surface area contributed by atoms with Gasteiger partial charge in [0.05, 0.1) is 12.8 Å². The highest BCUT2D eigenvalue weighted by Crippen LogP contribution is 2.29. The Morgan fingerprint density at radius 2 is 1.87 bits per heavy atom. The van der Waals surface area contributed by atoms with E-state index in [0.717, 1.165) is 5.56 Å². The van der Waals surface area contributed by atoms with E-state index in [1.54, 1.807) is 47.8 Å². The van der Waals surface area contributed by atoms with Gasteiger partial charge in [0.25, 0.3) is 5.91 Å². The van der Waals surface area contributed by atoms with Crippen LogP contribution in [0.15, 0.2) is 65.1 Å². The van der Waals surface area contributed by atoms with Gasteiger partial charge in [0, 0.05) is 0 Å². The number of carbonyl (C=O) groups is 2. The Balaban J connectivity index is 1.56. The second-order valence-corrected chi connectivity index (χ2v) is 7.35. The van der Waals surface area contributed by atoms with Crippen molar-refractivity contribution < 1.29 is 23.8 Å². The summed E-state index contributed by atoms with van der Waals surface area (Å²) < 4.78 is 16.4. The highest BCUT2D eigenvalue weighted by atomic mass is 32.1. The lowest BCUT2D eigenvalue weighted by Gasteiger charge is -2.10. The molecule has 3 aromatic rings. The zero-order valence-electron chi connectivity index (χ0n) is 17.2. The fourth-order valence-corrected chi connectivity index (χ4v) is 3.10. The zero-order chi connectivity index (χ0) is 22.1. The number of rotatable bonds is 9. The molecule has 0 spiro atoms. The molecule has 2 aromatic carbocycles. The van der Waals surface area contributed by atoms with Crippen molar-refractivity contribution in [1.29, 1.82) is 0 Å². The van der Waals surface area contributed by atoms with E-state index in [9.17, 15) is 9.59 Å². The molecule has 0 aliphatic rings. The average Bonchev–Trinajstić information content (AvgIpc) is 3.30. The van der Waals surface area contributed by atoms with Crippen LogP contribution < -0.4 is 19.6 Å². The van der Waals surface area contributed by atoms with Crippen LogP contribution in [0.5, 0.6) is 17.2 Å². The Bertz CT molecular complexity index is 1050. The highest BCUT2D eigenvalue weighted by Gasteiger charge is 2.14. The molecule has 3 rings (SSSR count). The van der Waals surface area contributed by atoms with E-state index in [1.807, 2.05) is 26.0 Å². The highest BCUT2D eigenvalue weighted by molar-refractivity contribution is 7.12. The molecule has 1 N–H and O–H groups in total. The van der Waals surface area contributed by atoms with Crippen LogP contribution in [0.2, 0.25) is 0 Å². The van der Waals surface area contributed by atoms with Crippen molar-refractivity contribution in [2.45, 2.75) is 13.8 Å². The van der Waals surface area contributed by atoms with Gasteiger partial charge in [-0.2, -0.15) is 5.10 Å². The number of carbonyl (C=O) groups excluding carboxylic acids is 2. The van der Waals surface area contributed by atoms with E-state index in [1.165, 1.54) is 17.6 Å². The molecule has 31 heavy (non-hydrogen) atoms. The number of esters is 1. The van der Waals surface area contributed by atoms with Crippen LogP contribution in [-0.2, 0) is 4.79 Å². The molecule has 0 saturated carbocycles. The summed E-state index contributed by atoms with van der Waals surface area (Å²) in [5.41, 5.74) is 4.19. The average molecular weight is 439 g/mol. The third-order valence-corrected chi connectivity index (χ3v) is 4.84. The molecule has 0 radical (unpaired) electrons. The van der Waals surface area contributed by atoms with E-state index < -0.39 is 5.97 Å². The Morgan fingerprint density at radius 3 is 2.58 bits per heavy atom. The number of hydrazone groups is 1. The molecular formula is C23H22N2O5S. The smallest absolute Gasteiger partial charge is 0.353 e. The first kappa shape index (κ1) is 22.0. The maximum absolute atomic E-state index is 12.2. The summed E-state index contributed by atoms with van der Waals surface area (Å²) in [5, 5.41) is 5.74. The minimum absolute atomic E-state index is 0.151. The second kappa shape index (κ2) is 10.9. The first-order valence-corrected chi connectivity index (χ1v) is 10.5. The third kappa shape index (κ3) is 6.68. The predicted molar refractivity (Wildman–Crippen MR) is 119 cm³/mol. The third-order valence-electron chi connectivity index (χ3n) is 3.99. The number of ether oxygens (including phenoxy) is 3. The normalized spacial score (nSPS) is 10.6. The van der Waals surface area contributed by atoms with E-state index in [2.05, 4.69) is 10.5 Å². The maximum Gasteiger partial charge on any atom is 0.353 e. The van der Waals surface area contributed by atoms with Crippen LogP contribution >= 0.6 is 11.3 Å². The van der Waals surface area contributed by atoms with Gasteiger partial charge < -0.3 is 14.2 Å². The SMILES string of the molecule is CCOc1cc(/C=N/NC(=O)COc2ccc(C)cc2)ccc1OC(=O)c1cccs1. The lowest BCUT2D eigenvalue weighted by atomic mass is 10.2. The Morgan fingerprint density at radius 1 is 1.06 bits per heavy atom. The Hall–Kier alpha value is -3.65. The zero-order valence-corrected chi connectivity index (χ0v) is 18.0. The summed E-state index contributed by atoms with van der Waals surface area (Å²) >= 11 is 1.30. The van der Waals surface area contributed by atoms with E-state index in [-0.39, 0.29) is 12.5 Å². The molecule has 0 bridgehead atoms. The largest absolute Gasteiger partial charge is 0.490 e. The number of benzene rings is 2. The van der Waals surface area contributed by atoms with Gasteiger partial charge in [-0.1, -0.05) is 23.8 Å². The fraction of sp³-hybridized carbons (Fsp3) is 0.174. The van der Waals surface area contributed by atoms with Crippen molar-refractivity contribution in [1.82, 2.24) is 5.43 Å². The van der Waals surface area contributed by atoms with Crippen molar-refractivity contribution in [3.63, 3.8) is 0 Å². The summed E-state index contributed by atoms with van der Waals surface area (Å²) in [6.45, 7) is 4.06. The first-order valence-electron chi connectivity index (χ1n) is 9.59. The minimum atomic E-state index is -0.446. The Labute approximate surface area is 184 Å². The maximum atomic E-state index is 12.2. The van der Waals surface area contributed by atoms with Crippen LogP contribution in [0.1, 0.15) is 27.7 Å². The molecule has 0 saturated heterocycles. The molecule has 160 valence electrons. The van der Waals surface area contributed by atoms with E-state index in [0.29, 0.717) is 34.3 Å². The minimum Gasteiger partial charge on any atom is -0.490 e. The molecule has 0 aliphatic heterocycles. The number of aryl methyl sites for hydroxylation is 1. The van der Waals surface area contributed by atoms with Gasteiger partial charge >= 0.3 is 5.97 Å². The number of thiophene rings is 1. The number of nitrogens with one attached hydrogen (secondary N) is 1. The number of hydrogen-bond donors (Lipinski definition) is 1. The molecule has 8 heteroatoms. The van der Waals surface area contributed by atoms with Crippen molar-refractivity contribution in [2.24, 2.45) is 5.10 Å². The molecule has 0 atom stereocenters.